The highest BCUT2D eigenvalue weighted by Gasteiger charge is 2.43. The van der Waals surface area contributed by atoms with Crippen molar-refractivity contribution in [1.29, 1.82) is 0 Å². The van der Waals surface area contributed by atoms with Crippen molar-refractivity contribution in [3.63, 3.8) is 0 Å². The lowest BCUT2D eigenvalue weighted by molar-refractivity contribution is -0.143. The Kier molecular flexibility index (Phi) is 4.27. The molecule has 25 heavy (non-hydrogen) atoms. The molecule has 2 aliphatic heterocycles. The van der Waals surface area contributed by atoms with E-state index in [1.807, 2.05) is 40.6 Å². The molecule has 0 aliphatic carbocycles. The summed E-state index contributed by atoms with van der Waals surface area (Å²) in [4.78, 5) is 30.3. The SMILES string of the molecule is O=C1COC2(CCN(C(=O)Cc3csc(-c4ccccc4)n3)C2)CN1. The summed E-state index contributed by atoms with van der Waals surface area (Å²) < 4.78 is 5.71. The number of likely N-dealkylation sites (tertiary alicyclic amines) is 1. The normalized spacial score (nSPS) is 23.0. The molecule has 0 radical (unpaired) electrons. The van der Waals surface area contributed by atoms with Crippen LogP contribution in [-0.2, 0) is 20.7 Å². The van der Waals surface area contributed by atoms with Crippen molar-refractivity contribution in [3.05, 3.63) is 41.4 Å². The summed E-state index contributed by atoms with van der Waals surface area (Å²) >= 11 is 1.55. The predicted molar refractivity (Wildman–Crippen MR) is 94.1 cm³/mol. The fraction of sp³-hybridized carbons (Fsp3) is 0.389. The molecule has 2 fully saturated rings. The van der Waals surface area contributed by atoms with E-state index >= 15 is 0 Å². The molecular weight excluding hydrogens is 338 g/mol. The summed E-state index contributed by atoms with van der Waals surface area (Å²) in [6, 6.07) is 9.97. The van der Waals surface area contributed by atoms with E-state index in [9.17, 15) is 9.59 Å². The summed E-state index contributed by atoms with van der Waals surface area (Å²) in [6.45, 7) is 1.74. The number of hydrogen-bond acceptors (Lipinski definition) is 5. The fourth-order valence-corrected chi connectivity index (χ4v) is 4.09. The number of ether oxygens (including phenoxy) is 1. The monoisotopic (exact) mass is 357 g/mol. The molecule has 7 heteroatoms. The predicted octanol–water partition coefficient (Wildman–Crippen LogP) is 1.47. The van der Waals surface area contributed by atoms with Gasteiger partial charge in [-0.15, -0.1) is 11.3 Å². The van der Waals surface area contributed by atoms with Gasteiger partial charge in [-0.1, -0.05) is 30.3 Å². The van der Waals surface area contributed by atoms with E-state index in [0.29, 0.717) is 26.1 Å². The quantitative estimate of drug-likeness (QED) is 0.903. The highest BCUT2D eigenvalue weighted by Crippen LogP contribution is 2.28. The Hall–Kier alpha value is -2.25. The minimum absolute atomic E-state index is 0.0577. The van der Waals surface area contributed by atoms with Crippen LogP contribution >= 0.6 is 11.3 Å². The standard InChI is InChI=1S/C18H19N3O3S/c22-15-9-24-18(11-19-15)6-7-21(12-18)16(23)8-14-10-25-17(20-14)13-4-2-1-3-5-13/h1-5,10H,6-9,11-12H2,(H,19,22). The molecule has 2 aromatic rings. The third-order valence-electron chi connectivity index (χ3n) is 4.69. The number of carbonyl (C=O) groups is 2. The minimum Gasteiger partial charge on any atom is -0.361 e. The van der Waals surface area contributed by atoms with E-state index in [4.69, 9.17) is 4.74 Å². The number of amides is 2. The molecule has 0 bridgehead atoms. The Morgan fingerprint density at radius 2 is 2.20 bits per heavy atom. The molecule has 1 N–H and O–H groups in total. The molecule has 1 spiro atoms. The highest BCUT2D eigenvalue weighted by molar-refractivity contribution is 7.13. The first-order valence-electron chi connectivity index (χ1n) is 8.32. The zero-order valence-electron chi connectivity index (χ0n) is 13.7. The van der Waals surface area contributed by atoms with Gasteiger partial charge in [-0.05, 0) is 6.42 Å². The second-order valence-corrected chi connectivity index (χ2v) is 7.36. The van der Waals surface area contributed by atoms with Crippen LogP contribution in [0.2, 0.25) is 0 Å². The van der Waals surface area contributed by atoms with Crippen LogP contribution in [0.5, 0.6) is 0 Å². The van der Waals surface area contributed by atoms with Crippen LogP contribution < -0.4 is 5.32 Å². The number of nitrogens with one attached hydrogen (secondary N) is 1. The van der Waals surface area contributed by atoms with Crippen molar-refractivity contribution in [2.24, 2.45) is 0 Å². The van der Waals surface area contributed by atoms with Gasteiger partial charge in [0.2, 0.25) is 11.8 Å². The van der Waals surface area contributed by atoms with Gasteiger partial charge in [-0.2, -0.15) is 0 Å². The highest BCUT2D eigenvalue weighted by atomic mass is 32.1. The third-order valence-corrected chi connectivity index (χ3v) is 5.63. The van der Waals surface area contributed by atoms with Crippen LogP contribution in [0.15, 0.2) is 35.7 Å². The molecule has 2 amide bonds. The maximum atomic E-state index is 12.6. The number of hydrogen-bond donors (Lipinski definition) is 1. The average molecular weight is 357 g/mol. The van der Waals surface area contributed by atoms with Crippen molar-refractivity contribution in [2.45, 2.75) is 18.4 Å². The van der Waals surface area contributed by atoms with E-state index in [1.165, 1.54) is 0 Å². The lowest BCUT2D eigenvalue weighted by Crippen LogP contribution is -2.54. The van der Waals surface area contributed by atoms with Gasteiger partial charge in [0.05, 0.1) is 18.7 Å². The van der Waals surface area contributed by atoms with Gasteiger partial charge in [0.25, 0.3) is 0 Å². The molecular formula is C18H19N3O3S. The first-order valence-corrected chi connectivity index (χ1v) is 9.20. The molecule has 2 saturated heterocycles. The maximum absolute atomic E-state index is 12.6. The van der Waals surface area contributed by atoms with Crippen LogP contribution in [0, 0.1) is 0 Å². The molecule has 2 aliphatic rings. The van der Waals surface area contributed by atoms with Crippen LogP contribution in [0.1, 0.15) is 12.1 Å². The van der Waals surface area contributed by atoms with Crippen LogP contribution in [0.3, 0.4) is 0 Å². The number of morpholine rings is 1. The molecule has 3 heterocycles. The summed E-state index contributed by atoms with van der Waals surface area (Å²) in [5, 5.41) is 5.71. The first kappa shape index (κ1) is 16.2. The second-order valence-electron chi connectivity index (χ2n) is 6.50. The Morgan fingerprint density at radius 1 is 1.36 bits per heavy atom. The third kappa shape index (κ3) is 3.43. The van der Waals surface area contributed by atoms with Gasteiger partial charge in [-0.25, -0.2) is 4.98 Å². The van der Waals surface area contributed by atoms with E-state index in [2.05, 4.69) is 10.3 Å². The second kappa shape index (κ2) is 6.57. The van der Waals surface area contributed by atoms with E-state index in [0.717, 1.165) is 22.7 Å². The smallest absolute Gasteiger partial charge is 0.246 e. The Labute approximate surface area is 149 Å². The van der Waals surface area contributed by atoms with Crippen molar-refractivity contribution in [1.82, 2.24) is 15.2 Å². The number of carbonyl (C=O) groups excluding carboxylic acids is 2. The number of aromatic nitrogens is 1. The topological polar surface area (TPSA) is 71.5 Å². The van der Waals surface area contributed by atoms with E-state index in [1.54, 1.807) is 11.3 Å². The van der Waals surface area contributed by atoms with Gasteiger partial charge in [0.1, 0.15) is 17.2 Å². The Bertz CT molecular complexity index is 780. The molecule has 4 rings (SSSR count). The summed E-state index contributed by atoms with van der Waals surface area (Å²) in [5.41, 5.74) is 1.45. The van der Waals surface area contributed by atoms with Gasteiger partial charge < -0.3 is 15.0 Å². The molecule has 1 unspecified atom stereocenters. The van der Waals surface area contributed by atoms with Crippen LogP contribution in [-0.4, -0.2) is 53.5 Å². The summed E-state index contributed by atoms with van der Waals surface area (Å²) in [6.07, 6.45) is 1.05. The molecule has 1 atom stereocenters. The molecule has 1 aromatic heterocycles. The van der Waals surface area contributed by atoms with Gasteiger partial charge >= 0.3 is 0 Å². The molecule has 6 nitrogen and oxygen atoms in total. The van der Waals surface area contributed by atoms with Gasteiger partial charge in [0.15, 0.2) is 0 Å². The fourth-order valence-electron chi connectivity index (χ4n) is 3.27. The van der Waals surface area contributed by atoms with Crippen molar-refractivity contribution in [3.8, 4) is 10.6 Å². The van der Waals surface area contributed by atoms with E-state index in [-0.39, 0.29) is 18.4 Å². The first-order chi connectivity index (χ1) is 12.1. The summed E-state index contributed by atoms with van der Waals surface area (Å²) in [5.74, 6) is -0.0337. The number of rotatable bonds is 3. The van der Waals surface area contributed by atoms with Crippen molar-refractivity contribution in [2.75, 3.05) is 26.2 Å². The molecule has 1 aromatic carbocycles. The zero-order chi connectivity index (χ0) is 17.3. The van der Waals surface area contributed by atoms with Gasteiger partial charge in [0, 0.05) is 24.0 Å². The van der Waals surface area contributed by atoms with Gasteiger partial charge in [-0.3, -0.25) is 9.59 Å². The largest absolute Gasteiger partial charge is 0.361 e. The lowest BCUT2D eigenvalue weighted by Gasteiger charge is -2.33. The number of thiazole rings is 1. The van der Waals surface area contributed by atoms with Crippen LogP contribution in [0.4, 0.5) is 0 Å². The van der Waals surface area contributed by atoms with Crippen molar-refractivity contribution >= 4 is 23.2 Å². The Balaban J connectivity index is 1.38. The summed E-state index contributed by atoms with van der Waals surface area (Å²) in [7, 11) is 0. The lowest BCUT2D eigenvalue weighted by atomic mass is 10.0. The number of benzene rings is 1. The van der Waals surface area contributed by atoms with Crippen molar-refractivity contribution < 1.29 is 14.3 Å². The van der Waals surface area contributed by atoms with Crippen LogP contribution in [0.25, 0.3) is 10.6 Å². The maximum Gasteiger partial charge on any atom is 0.246 e. The molecule has 130 valence electrons. The molecule has 0 saturated carbocycles. The van der Waals surface area contributed by atoms with E-state index < -0.39 is 5.60 Å². The average Bonchev–Trinajstić information content (AvgIpc) is 3.26. The minimum atomic E-state index is -0.416. The zero-order valence-corrected chi connectivity index (χ0v) is 14.6. The Morgan fingerprint density at radius 3 is 2.96 bits per heavy atom. The number of nitrogens with zero attached hydrogens (tertiary/aromatic N) is 2.